The third-order valence-corrected chi connectivity index (χ3v) is 0.889. The number of aliphatic imine (C=N–C) groups is 1. The van der Waals surface area contributed by atoms with E-state index in [2.05, 4.69) is 11.6 Å². The summed E-state index contributed by atoms with van der Waals surface area (Å²) in [4.78, 5) is 2.95. The Bertz CT molecular complexity index is 227. The van der Waals surface area contributed by atoms with Crippen molar-refractivity contribution in [3.05, 3.63) is 24.2 Å². The minimum atomic E-state index is -4.52. The zero-order valence-corrected chi connectivity index (χ0v) is 6.10. The minimum absolute atomic E-state index is 0.0552. The minimum Gasteiger partial charge on any atom is -0.403 e. The lowest BCUT2D eigenvalue weighted by Crippen LogP contribution is -2.10. The van der Waals surface area contributed by atoms with Crippen molar-refractivity contribution >= 4 is 6.21 Å². The molecule has 0 amide bonds. The number of hydrogen-bond donors (Lipinski definition) is 2. The summed E-state index contributed by atoms with van der Waals surface area (Å²) in [5.74, 6) is 0. The predicted octanol–water partition coefficient (Wildman–Crippen LogP) is 0.892. The van der Waals surface area contributed by atoms with E-state index in [1.165, 1.54) is 0 Å². The number of nitrogens with two attached hydrogens (primary N) is 2. The number of allylic oxidation sites excluding steroid dienone is 2. The molecule has 0 aliphatic rings. The molecular formula is C6H8F3N3. The van der Waals surface area contributed by atoms with Gasteiger partial charge < -0.3 is 11.5 Å². The van der Waals surface area contributed by atoms with Gasteiger partial charge in [0.1, 0.15) is 5.70 Å². The number of halogens is 3. The van der Waals surface area contributed by atoms with Crippen LogP contribution in [0.25, 0.3) is 0 Å². The molecule has 0 aromatic heterocycles. The van der Waals surface area contributed by atoms with E-state index in [9.17, 15) is 13.2 Å². The van der Waals surface area contributed by atoms with Crippen LogP contribution in [0.3, 0.4) is 0 Å². The van der Waals surface area contributed by atoms with Gasteiger partial charge in [-0.05, 0) is 0 Å². The van der Waals surface area contributed by atoms with E-state index in [1.54, 1.807) is 0 Å². The summed E-state index contributed by atoms with van der Waals surface area (Å²) in [6.07, 6.45) is -2.80. The van der Waals surface area contributed by atoms with Crippen LogP contribution in [-0.2, 0) is 0 Å². The zero-order chi connectivity index (χ0) is 9.78. The molecule has 0 rings (SSSR count). The predicted molar refractivity (Wildman–Crippen MR) is 40.1 cm³/mol. The standard InChI is InChI=1S/C6H8F3N3/c1-4(6(7,8)9)12-3-5(11)2-10/h2-3H,1,10-11H2/b5-2+,12-3-. The Balaban J connectivity index is 4.29. The van der Waals surface area contributed by atoms with E-state index < -0.39 is 11.9 Å². The van der Waals surface area contributed by atoms with Crippen molar-refractivity contribution in [2.24, 2.45) is 16.5 Å². The first-order valence-electron chi connectivity index (χ1n) is 2.85. The SMILES string of the molecule is C=C(/N=C\C(N)=C/N)C(F)(F)F. The largest absolute Gasteiger partial charge is 0.432 e. The molecule has 0 aromatic carbocycles. The Hall–Kier alpha value is -1.46. The fourth-order valence-corrected chi connectivity index (χ4v) is 0.269. The van der Waals surface area contributed by atoms with Gasteiger partial charge in [0.25, 0.3) is 0 Å². The lowest BCUT2D eigenvalue weighted by molar-refractivity contribution is -0.0918. The summed E-state index contributed by atoms with van der Waals surface area (Å²) in [5, 5.41) is 0. The number of hydrogen-bond acceptors (Lipinski definition) is 3. The van der Waals surface area contributed by atoms with Crippen LogP contribution in [0, 0.1) is 0 Å². The zero-order valence-electron chi connectivity index (χ0n) is 6.10. The fourth-order valence-electron chi connectivity index (χ4n) is 0.269. The summed E-state index contributed by atoms with van der Waals surface area (Å²) < 4.78 is 35.1. The van der Waals surface area contributed by atoms with Crippen LogP contribution in [0.15, 0.2) is 29.2 Å². The third-order valence-electron chi connectivity index (χ3n) is 0.889. The Morgan fingerprint density at radius 3 is 2.25 bits per heavy atom. The van der Waals surface area contributed by atoms with E-state index >= 15 is 0 Å². The highest BCUT2D eigenvalue weighted by atomic mass is 19.4. The molecule has 0 aromatic rings. The van der Waals surface area contributed by atoms with Gasteiger partial charge >= 0.3 is 6.18 Å². The monoisotopic (exact) mass is 179 g/mol. The molecule has 4 N–H and O–H groups in total. The molecule has 0 aliphatic heterocycles. The first-order valence-corrected chi connectivity index (χ1v) is 2.85. The van der Waals surface area contributed by atoms with E-state index in [4.69, 9.17) is 11.5 Å². The fraction of sp³-hybridized carbons (Fsp3) is 0.167. The maximum atomic E-state index is 11.7. The molecule has 0 atom stereocenters. The molecule has 0 saturated heterocycles. The van der Waals surface area contributed by atoms with Gasteiger partial charge in [0, 0.05) is 6.20 Å². The lowest BCUT2D eigenvalue weighted by Gasteiger charge is -2.03. The summed E-state index contributed by atoms with van der Waals surface area (Å²) in [6, 6.07) is 0. The second-order valence-corrected chi connectivity index (χ2v) is 1.87. The molecule has 0 saturated carbocycles. The summed E-state index contributed by atoms with van der Waals surface area (Å²) in [6.45, 7) is 2.69. The Morgan fingerprint density at radius 2 is 1.92 bits per heavy atom. The molecule has 6 heteroatoms. The van der Waals surface area contributed by atoms with Gasteiger partial charge in [-0.25, -0.2) is 0 Å². The maximum Gasteiger partial charge on any atom is 0.432 e. The van der Waals surface area contributed by atoms with E-state index in [0.717, 1.165) is 12.4 Å². The first-order chi connectivity index (χ1) is 5.38. The molecule has 3 nitrogen and oxygen atoms in total. The van der Waals surface area contributed by atoms with Gasteiger partial charge in [0.15, 0.2) is 0 Å². The third kappa shape index (κ3) is 3.65. The second-order valence-electron chi connectivity index (χ2n) is 1.87. The molecule has 0 unspecified atom stereocenters. The Morgan fingerprint density at radius 1 is 1.42 bits per heavy atom. The Labute approximate surface area is 67.3 Å². The molecule has 12 heavy (non-hydrogen) atoms. The van der Waals surface area contributed by atoms with Crippen LogP contribution in [-0.4, -0.2) is 12.4 Å². The molecule has 0 heterocycles. The van der Waals surface area contributed by atoms with Crippen molar-refractivity contribution in [3.63, 3.8) is 0 Å². The summed E-state index contributed by atoms with van der Waals surface area (Å²) in [5.41, 5.74) is 8.65. The molecule has 68 valence electrons. The number of alkyl halides is 3. The molecule has 0 radical (unpaired) electrons. The van der Waals surface area contributed by atoms with Crippen molar-refractivity contribution in [1.29, 1.82) is 0 Å². The highest BCUT2D eigenvalue weighted by Gasteiger charge is 2.31. The van der Waals surface area contributed by atoms with Gasteiger partial charge in [0.05, 0.1) is 11.9 Å². The van der Waals surface area contributed by atoms with Crippen LogP contribution >= 0.6 is 0 Å². The first kappa shape index (κ1) is 10.5. The highest BCUT2D eigenvalue weighted by Crippen LogP contribution is 2.24. The number of rotatable bonds is 2. The average molecular weight is 179 g/mol. The molecular weight excluding hydrogens is 171 g/mol. The molecule has 0 fully saturated rings. The average Bonchev–Trinajstić information content (AvgIpc) is 1.97. The second kappa shape index (κ2) is 3.80. The van der Waals surface area contributed by atoms with Crippen molar-refractivity contribution in [2.45, 2.75) is 6.18 Å². The van der Waals surface area contributed by atoms with Crippen LogP contribution in [0.4, 0.5) is 13.2 Å². The van der Waals surface area contributed by atoms with E-state index in [-0.39, 0.29) is 5.70 Å². The van der Waals surface area contributed by atoms with Crippen molar-refractivity contribution in [2.75, 3.05) is 0 Å². The van der Waals surface area contributed by atoms with Gasteiger partial charge in [-0.1, -0.05) is 6.58 Å². The molecule has 0 spiro atoms. The Kier molecular flexibility index (Phi) is 3.33. The van der Waals surface area contributed by atoms with Crippen molar-refractivity contribution in [3.8, 4) is 0 Å². The topological polar surface area (TPSA) is 64.4 Å². The van der Waals surface area contributed by atoms with Crippen LogP contribution in [0.1, 0.15) is 0 Å². The van der Waals surface area contributed by atoms with Gasteiger partial charge in [-0.2, -0.15) is 13.2 Å². The quantitative estimate of drug-likeness (QED) is 0.618. The van der Waals surface area contributed by atoms with Crippen molar-refractivity contribution < 1.29 is 13.2 Å². The molecule has 0 aliphatic carbocycles. The van der Waals surface area contributed by atoms with Crippen molar-refractivity contribution in [1.82, 2.24) is 0 Å². The highest BCUT2D eigenvalue weighted by molar-refractivity contribution is 5.77. The van der Waals surface area contributed by atoms with Gasteiger partial charge in [-0.15, -0.1) is 0 Å². The normalized spacial score (nSPS) is 13.8. The van der Waals surface area contributed by atoms with Crippen LogP contribution in [0.2, 0.25) is 0 Å². The lowest BCUT2D eigenvalue weighted by atomic mass is 10.5. The van der Waals surface area contributed by atoms with Crippen LogP contribution in [0.5, 0.6) is 0 Å². The number of nitrogens with zero attached hydrogens (tertiary/aromatic N) is 1. The molecule has 0 bridgehead atoms. The van der Waals surface area contributed by atoms with E-state index in [0.29, 0.717) is 0 Å². The van der Waals surface area contributed by atoms with Gasteiger partial charge in [0.2, 0.25) is 0 Å². The maximum absolute atomic E-state index is 11.7. The van der Waals surface area contributed by atoms with Crippen LogP contribution < -0.4 is 11.5 Å². The smallest absolute Gasteiger partial charge is 0.403 e. The van der Waals surface area contributed by atoms with E-state index in [1.807, 2.05) is 0 Å². The van der Waals surface area contributed by atoms with Gasteiger partial charge in [-0.3, -0.25) is 4.99 Å². The summed E-state index contributed by atoms with van der Waals surface area (Å²) >= 11 is 0. The summed E-state index contributed by atoms with van der Waals surface area (Å²) in [7, 11) is 0.